The second-order valence-corrected chi connectivity index (χ2v) is 9.57. The van der Waals surface area contributed by atoms with Gasteiger partial charge in [0.1, 0.15) is 0 Å². The van der Waals surface area contributed by atoms with E-state index in [2.05, 4.69) is 68.6 Å². The number of aryl methyl sites for hydroxylation is 2. The summed E-state index contributed by atoms with van der Waals surface area (Å²) >= 11 is 0. The van der Waals surface area contributed by atoms with E-state index in [0.29, 0.717) is 5.56 Å². The van der Waals surface area contributed by atoms with Crippen molar-refractivity contribution in [1.29, 1.82) is 0 Å². The Bertz CT molecular complexity index is 851. The smallest absolute Gasteiger partial charge is 0.336 e. The van der Waals surface area contributed by atoms with Gasteiger partial charge in [-0.3, -0.25) is 0 Å². The van der Waals surface area contributed by atoms with Gasteiger partial charge >= 0.3 is 5.97 Å². The van der Waals surface area contributed by atoms with Gasteiger partial charge in [0.2, 0.25) is 0 Å². The van der Waals surface area contributed by atoms with Crippen molar-refractivity contribution < 1.29 is 9.90 Å². The van der Waals surface area contributed by atoms with Gasteiger partial charge in [-0.15, -0.1) is 0 Å². The van der Waals surface area contributed by atoms with Crippen molar-refractivity contribution in [2.45, 2.75) is 28.5 Å². The third kappa shape index (κ3) is 3.20. The van der Waals surface area contributed by atoms with Crippen LogP contribution in [0.15, 0.2) is 87.5 Å². The molecule has 0 bridgehead atoms. The number of hydrogen-bond donors (Lipinski definition) is 1. The summed E-state index contributed by atoms with van der Waals surface area (Å²) in [4.78, 5) is 15.1. The first-order chi connectivity index (χ1) is 11.9. The Morgan fingerprint density at radius 2 is 1.20 bits per heavy atom. The Morgan fingerprint density at radius 3 is 1.64 bits per heavy atom. The maximum atomic E-state index is 11.9. The topological polar surface area (TPSA) is 37.3 Å². The van der Waals surface area contributed by atoms with E-state index in [-0.39, 0.29) is 0 Å². The highest BCUT2D eigenvalue weighted by Crippen LogP contribution is 2.66. The van der Waals surface area contributed by atoms with Crippen LogP contribution in [-0.4, -0.2) is 17.3 Å². The molecule has 3 aromatic carbocycles. The van der Waals surface area contributed by atoms with Crippen molar-refractivity contribution in [1.82, 2.24) is 0 Å². The van der Waals surface area contributed by atoms with Crippen LogP contribution < -0.4 is 0 Å². The predicted octanol–water partition coefficient (Wildman–Crippen LogP) is 5.91. The molecule has 0 aliphatic rings. The fraction of sp³-hybridized carbons (Fsp3) is 0.136. The van der Waals surface area contributed by atoms with Crippen molar-refractivity contribution in [3.8, 4) is 0 Å². The van der Waals surface area contributed by atoms with Crippen LogP contribution in [0.25, 0.3) is 0 Å². The Kier molecular flexibility index (Phi) is 4.69. The van der Waals surface area contributed by atoms with Gasteiger partial charge in [-0.1, -0.05) is 47.5 Å². The van der Waals surface area contributed by atoms with Crippen LogP contribution in [-0.2, 0) is 0 Å². The van der Waals surface area contributed by atoms with Gasteiger partial charge in [0.15, 0.2) is 0 Å². The van der Waals surface area contributed by atoms with Gasteiger partial charge in [0.05, 0.1) is 5.56 Å². The number of rotatable bonds is 4. The zero-order valence-electron chi connectivity index (χ0n) is 14.7. The largest absolute Gasteiger partial charge is 0.478 e. The summed E-state index contributed by atoms with van der Waals surface area (Å²) in [5, 5.41) is 9.72. The van der Waals surface area contributed by atoms with Crippen molar-refractivity contribution >= 4 is 16.0 Å². The average molecular weight is 350 g/mol. The van der Waals surface area contributed by atoms with Crippen LogP contribution in [0.2, 0.25) is 0 Å². The number of carboxylic acids is 1. The highest BCUT2D eigenvalue weighted by Gasteiger charge is 2.29. The minimum absolute atomic E-state index is 0.376. The van der Waals surface area contributed by atoms with E-state index in [4.69, 9.17) is 0 Å². The maximum Gasteiger partial charge on any atom is 0.336 e. The van der Waals surface area contributed by atoms with Gasteiger partial charge in [-0.05, 0) is 66.3 Å². The molecule has 3 rings (SSSR count). The number of hydrogen-bond acceptors (Lipinski definition) is 1. The number of carbonyl (C=O) groups is 1. The molecule has 1 N–H and O–H groups in total. The first-order valence-corrected chi connectivity index (χ1v) is 10.2. The van der Waals surface area contributed by atoms with Crippen LogP contribution in [0.5, 0.6) is 0 Å². The average Bonchev–Trinajstić information content (AvgIpc) is 2.62. The summed E-state index contributed by atoms with van der Waals surface area (Å²) in [6, 6.07) is 24.3. The van der Waals surface area contributed by atoms with E-state index in [1.54, 1.807) is 12.1 Å². The zero-order chi connectivity index (χ0) is 18.0. The number of carboxylic acid groups (broad SMARTS) is 1. The SMILES string of the molecule is Cc1ccc(S(C)(c2ccc(C)cc2)c2ccccc2C(=O)O)cc1. The second-order valence-electron chi connectivity index (χ2n) is 6.35. The standard InChI is InChI=1S/C22H22O2S/c1-16-8-12-18(13-9-16)25(3,19-14-10-17(2)11-15-19)21-7-5-4-6-20(21)22(23)24/h4-15H,1-3H3,(H,23,24). The van der Waals surface area contributed by atoms with E-state index < -0.39 is 16.0 Å². The molecule has 0 heterocycles. The third-order valence-corrected chi connectivity index (χ3v) is 8.21. The summed E-state index contributed by atoms with van der Waals surface area (Å²) in [6.07, 6.45) is 2.18. The van der Waals surface area contributed by atoms with Gasteiger partial charge in [-0.25, -0.2) is 4.79 Å². The molecule has 3 aromatic rings. The lowest BCUT2D eigenvalue weighted by atomic mass is 10.2. The van der Waals surface area contributed by atoms with Gasteiger partial charge in [0, 0.05) is 4.90 Å². The summed E-state index contributed by atoms with van der Waals surface area (Å²) in [7, 11) is -1.67. The van der Waals surface area contributed by atoms with Gasteiger partial charge in [-0.2, -0.15) is 10.0 Å². The van der Waals surface area contributed by atoms with Gasteiger partial charge < -0.3 is 5.11 Å². The molecule has 128 valence electrons. The summed E-state index contributed by atoms with van der Waals surface area (Å²) in [6.45, 7) is 4.13. The normalized spacial score (nSPS) is 12.0. The molecule has 0 spiro atoms. The van der Waals surface area contributed by atoms with Crippen LogP contribution in [0, 0.1) is 13.8 Å². The quantitative estimate of drug-likeness (QED) is 0.635. The lowest BCUT2D eigenvalue weighted by molar-refractivity contribution is 0.0693. The molecular formula is C22H22O2S. The van der Waals surface area contributed by atoms with E-state index >= 15 is 0 Å². The van der Waals surface area contributed by atoms with Crippen LogP contribution in [0.3, 0.4) is 0 Å². The molecule has 0 unspecified atom stereocenters. The molecule has 0 atom stereocenters. The Morgan fingerprint density at radius 1 is 0.760 bits per heavy atom. The fourth-order valence-corrected chi connectivity index (χ4v) is 6.10. The molecule has 25 heavy (non-hydrogen) atoms. The summed E-state index contributed by atoms with van der Waals surface area (Å²) in [5.74, 6) is -0.881. The molecule has 0 saturated heterocycles. The molecule has 2 nitrogen and oxygen atoms in total. The molecule has 0 aliphatic heterocycles. The van der Waals surface area contributed by atoms with E-state index in [9.17, 15) is 9.90 Å². The van der Waals surface area contributed by atoms with Gasteiger partial charge in [0.25, 0.3) is 0 Å². The molecule has 0 radical (unpaired) electrons. The molecule has 3 heteroatoms. The van der Waals surface area contributed by atoms with Crippen LogP contribution >= 0.6 is 10.0 Å². The van der Waals surface area contributed by atoms with Crippen molar-refractivity contribution in [3.05, 3.63) is 89.5 Å². The molecular weight excluding hydrogens is 328 g/mol. The number of aromatic carboxylic acids is 1. The Hall–Kier alpha value is -2.52. The highest BCUT2D eigenvalue weighted by molar-refractivity contribution is 8.33. The second kappa shape index (κ2) is 6.77. The highest BCUT2D eigenvalue weighted by atomic mass is 32.3. The zero-order valence-corrected chi connectivity index (χ0v) is 15.5. The minimum Gasteiger partial charge on any atom is -0.478 e. The van der Waals surface area contributed by atoms with Crippen molar-refractivity contribution in [2.24, 2.45) is 0 Å². The molecule has 0 aliphatic carbocycles. The van der Waals surface area contributed by atoms with Crippen molar-refractivity contribution in [3.63, 3.8) is 0 Å². The molecule has 0 aromatic heterocycles. The van der Waals surface area contributed by atoms with E-state index in [1.165, 1.54) is 11.1 Å². The molecule has 0 saturated carbocycles. The van der Waals surface area contributed by atoms with Crippen LogP contribution in [0.1, 0.15) is 21.5 Å². The van der Waals surface area contributed by atoms with Crippen molar-refractivity contribution in [2.75, 3.05) is 6.26 Å². The summed E-state index contributed by atoms with van der Waals surface area (Å²) < 4.78 is 0. The monoisotopic (exact) mass is 350 g/mol. The fourth-order valence-electron chi connectivity index (χ4n) is 3.01. The minimum atomic E-state index is -1.67. The third-order valence-electron chi connectivity index (χ3n) is 4.54. The molecule has 0 fully saturated rings. The van der Waals surface area contributed by atoms with Crippen LogP contribution in [0.4, 0.5) is 0 Å². The lowest BCUT2D eigenvalue weighted by Gasteiger charge is -2.38. The molecule has 0 amide bonds. The van der Waals surface area contributed by atoms with E-state index in [1.807, 2.05) is 12.1 Å². The van der Waals surface area contributed by atoms with E-state index in [0.717, 1.165) is 14.7 Å². The number of benzene rings is 3. The predicted molar refractivity (Wildman–Crippen MR) is 104 cm³/mol. The first kappa shape index (κ1) is 17.3. The summed E-state index contributed by atoms with van der Waals surface area (Å²) in [5.41, 5.74) is 2.77. The maximum absolute atomic E-state index is 11.9. The lowest BCUT2D eigenvalue weighted by Crippen LogP contribution is -2.08. The first-order valence-electron chi connectivity index (χ1n) is 8.17. The Labute approximate surface area is 150 Å². The Balaban J connectivity index is 2.32.